The molecule has 218 valence electrons. The van der Waals surface area contributed by atoms with E-state index in [1.165, 1.54) is 12.1 Å². The van der Waals surface area contributed by atoms with Crippen LogP contribution >= 0.6 is 22.9 Å². The number of nitrogen functional groups attached to an aromatic ring is 1. The molecule has 3 atom stereocenters. The van der Waals surface area contributed by atoms with Gasteiger partial charge in [0.1, 0.15) is 28.2 Å². The van der Waals surface area contributed by atoms with E-state index in [1.54, 1.807) is 6.07 Å². The summed E-state index contributed by atoms with van der Waals surface area (Å²) >= 11 is 7.69. The smallest absolute Gasteiger partial charge is 0.289 e. The van der Waals surface area contributed by atoms with E-state index in [9.17, 15) is 14.4 Å². The monoisotopic (exact) mass is 610 g/mol. The number of carbonyl (C=O) groups is 1. The van der Waals surface area contributed by atoms with Crippen LogP contribution < -0.4 is 21.3 Å². The highest BCUT2D eigenvalue weighted by Crippen LogP contribution is 2.45. The molecule has 4 aromatic rings. The molecule has 0 radical (unpaired) electrons. The Morgan fingerprint density at radius 2 is 2.02 bits per heavy atom. The summed E-state index contributed by atoms with van der Waals surface area (Å²) in [6, 6.07) is 6.48. The van der Waals surface area contributed by atoms with Gasteiger partial charge in [-0.15, -0.1) is 11.3 Å². The lowest BCUT2D eigenvalue weighted by Gasteiger charge is -2.34. The van der Waals surface area contributed by atoms with Crippen LogP contribution in [0.2, 0.25) is 5.02 Å². The highest BCUT2D eigenvalue weighted by molar-refractivity contribution is 7.23. The molecule has 0 saturated carbocycles. The van der Waals surface area contributed by atoms with E-state index >= 15 is 4.39 Å². The Morgan fingerprint density at radius 3 is 2.69 bits per heavy atom. The molecule has 2 bridgehead atoms. The van der Waals surface area contributed by atoms with Crippen LogP contribution in [0.3, 0.4) is 0 Å². The maximum atomic E-state index is 16.7. The number of nitriles is 1. The van der Waals surface area contributed by atoms with Gasteiger partial charge in [0.15, 0.2) is 5.82 Å². The summed E-state index contributed by atoms with van der Waals surface area (Å²) in [5, 5.41) is 17.0. The molecule has 4 heterocycles. The normalized spacial score (nSPS) is 19.0. The number of amides is 1. The summed E-state index contributed by atoms with van der Waals surface area (Å²) in [4.78, 5) is 26.4. The van der Waals surface area contributed by atoms with Gasteiger partial charge in [-0.05, 0) is 51.6 Å². The molecule has 2 unspecified atom stereocenters. The molecule has 0 aliphatic carbocycles. The predicted molar refractivity (Wildman–Crippen MR) is 162 cm³/mol. The van der Waals surface area contributed by atoms with Gasteiger partial charge in [-0.2, -0.15) is 5.26 Å². The maximum absolute atomic E-state index is 16.7. The van der Waals surface area contributed by atoms with Crippen LogP contribution in [0.25, 0.3) is 32.1 Å². The predicted octanol–water partition coefficient (Wildman–Crippen LogP) is 4.52. The Morgan fingerprint density at radius 1 is 1.31 bits per heavy atom. The molecule has 6 rings (SSSR count). The van der Waals surface area contributed by atoms with Crippen molar-refractivity contribution < 1.29 is 13.6 Å². The second kappa shape index (κ2) is 10.9. The first-order chi connectivity index (χ1) is 20.0. The Hall–Kier alpha value is -3.63. The third-order valence-corrected chi connectivity index (χ3v) is 9.12. The Balaban J connectivity index is 1.57. The maximum Gasteiger partial charge on any atom is 0.289 e. The van der Waals surface area contributed by atoms with Crippen LogP contribution in [0.5, 0.6) is 0 Å². The molecule has 1 amide bonds. The third-order valence-electron chi connectivity index (χ3n) is 7.80. The number of piperazine rings is 1. The van der Waals surface area contributed by atoms with Gasteiger partial charge in [0.25, 0.3) is 5.91 Å². The van der Waals surface area contributed by atoms with E-state index in [-0.39, 0.29) is 66.3 Å². The molecule has 9 nitrogen and oxygen atoms in total. The summed E-state index contributed by atoms with van der Waals surface area (Å²) in [6.07, 6.45) is 2.04. The molecule has 2 aliphatic rings. The number of hydrogen-bond donors (Lipinski definition) is 3. The van der Waals surface area contributed by atoms with Crippen LogP contribution in [0.4, 0.5) is 19.6 Å². The van der Waals surface area contributed by atoms with Crippen molar-refractivity contribution in [3.63, 3.8) is 0 Å². The summed E-state index contributed by atoms with van der Waals surface area (Å²) < 4.78 is 31.6. The van der Waals surface area contributed by atoms with Crippen molar-refractivity contribution in [1.82, 2.24) is 25.5 Å². The summed E-state index contributed by atoms with van der Waals surface area (Å²) in [5.41, 5.74) is 6.15. The van der Waals surface area contributed by atoms with E-state index < -0.39 is 17.5 Å². The molecular weight excluding hydrogens is 582 g/mol. The van der Waals surface area contributed by atoms with E-state index in [0.29, 0.717) is 30.8 Å². The van der Waals surface area contributed by atoms with Crippen molar-refractivity contribution in [2.24, 2.45) is 0 Å². The number of nitrogens with zero attached hydrogens (tertiary/aromatic N) is 5. The number of halogens is 3. The lowest BCUT2D eigenvalue weighted by molar-refractivity contribution is 0.0924. The number of fused-ring (bicyclic) bond motifs is 4. The Kier molecular flexibility index (Phi) is 7.39. The van der Waals surface area contributed by atoms with Crippen LogP contribution in [0.1, 0.15) is 35.9 Å². The van der Waals surface area contributed by atoms with Gasteiger partial charge in [-0.3, -0.25) is 4.79 Å². The highest BCUT2D eigenvalue weighted by atomic mass is 35.5. The van der Waals surface area contributed by atoms with E-state index in [4.69, 9.17) is 17.3 Å². The van der Waals surface area contributed by atoms with Gasteiger partial charge in [0.05, 0.1) is 15.3 Å². The first kappa shape index (κ1) is 28.5. The standard InChI is InChI=1S/C29H29ClF2N8OS/c1-13(10-39(2)3)35-29(41)27-37-24-17(28(38-27)40-11-14-4-5-15(12-40)36-14)8-19(30)22(23(24)32)16-6-7-20(31)25-21(16)18(9-33)26(34)42-25/h6-8,13-15,36H,4-5,10-12,34H2,1-3H3,(H,35,41)/t13-,14?,15?/m1/s1. The van der Waals surface area contributed by atoms with Gasteiger partial charge >= 0.3 is 0 Å². The van der Waals surface area contributed by atoms with E-state index in [1.807, 2.05) is 32.0 Å². The fraction of sp³-hybridized carbons (Fsp3) is 0.379. The third kappa shape index (κ3) is 4.90. The molecule has 2 aromatic heterocycles. The largest absolute Gasteiger partial charge is 0.389 e. The number of benzene rings is 2. The fourth-order valence-corrected chi connectivity index (χ4v) is 7.37. The summed E-state index contributed by atoms with van der Waals surface area (Å²) in [5.74, 6) is -1.63. The minimum absolute atomic E-state index is 0.0429. The molecular formula is C29H29ClF2N8OS. The molecule has 4 N–H and O–H groups in total. The summed E-state index contributed by atoms with van der Waals surface area (Å²) in [6.45, 7) is 3.73. The van der Waals surface area contributed by atoms with Gasteiger partial charge in [-0.1, -0.05) is 17.7 Å². The fourth-order valence-electron chi connectivity index (χ4n) is 6.13. The number of hydrogen-bond acceptors (Lipinski definition) is 9. The molecule has 42 heavy (non-hydrogen) atoms. The number of aromatic nitrogens is 2. The number of anilines is 2. The molecule has 2 aliphatic heterocycles. The van der Waals surface area contributed by atoms with Gasteiger partial charge in [-0.25, -0.2) is 18.7 Å². The SMILES string of the molecule is C[C@H](CN(C)C)NC(=O)c1nc(N2CC3CCC(C2)N3)c2cc(Cl)c(-c3ccc(F)c4sc(N)c(C#N)c34)c(F)c2n1. The number of likely N-dealkylation sites (N-methyl/N-ethyl adjacent to an activating group) is 1. The van der Waals surface area contributed by atoms with E-state index in [2.05, 4.69) is 25.5 Å². The van der Waals surface area contributed by atoms with Crippen molar-refractivity contribution >= 4 is 60.7 Å². The molecule has 2 fully saturated rings. The first-order valence-electron chi connectivity index (χ1n) is 13.6. The van der Waals surface area contributed by atoms with Gasteiger partial charge < -0.3 is 26.2 Å². The van der Waals surface area contributed by atoms with Crippen LogP contribution in [0.15, 0.2) is 18.2 Å². The molecule has 2 saturated heterocycles. The zero-order valence-electron chi connectivity index (χ0n) is 23.3. The van der Waals surface area contributed by atoms with Crippen LogP contribution in [-0.4, -0.2) is 72.6 Å². The van der Waals surface area contributed by atoms with Crippen molar-refractivity contribution in [2.75, 3.05) is 44.4 Å². The Labute approximate surface area is 250 Å². The van der Waals surface area contributed by atoms with Gasteiger partial charge in [0, 0.05) is 54.1 Å². The zero-order valence-corrected chi connectivity index (χ0v) is 24.8. The average Bonchev–Trinajstić information content (AvgIpc) is 3.46. The van der Waals surface area contributed by atoms with Gasteiger partial charge in [0.2, 0.25) is 5.82 Å². The van der Waals surface area contributed by atoms with E-state index in [0.717, 1.165) is 24.2 Å². The van der Waals surface area contributed by atoms with Crippen molar-refractivity contribution in [3.8, 4) is 17.2 Å². The minimum Gasteiger partial charge on any atom is -0.389 e. The number of nitrogens with one attached hydrogen (secondary N) is 2. The summed E-state index contributed by atoms with van der Waals surface area (Å²) in [7, 11) is 3.80. The second-order valence-electron chi connectivity index (χ2n) is 11.2. The molecule has 13 heteroatoms. The number of carbonyl (C=O) groups excluding carboxylic acids is 1. The van der Waals surface area contributed by atoms with Crippen LogP contribution in [0, 0.1) is 23.0 Å². The van der Waals surface area contributed by atoms with Crippen LogP contribution in [-0.2, 0) is 0 Å². The topological polar surface area (TPSA) is 123 Å². The second-order valence-corrected chi connectivity index (χ2v) is 12.7. The Bertz CT molecular complexity index is 1780. The minimum atomic E-state index is -0.795. The lowest BCUT2D eigenvalue weighted by Crippen LogP contribution is -2.51. The molecule has 2 aromatic carbocycles. The average molecular weight is 611 g/mol. The zero-order chi connectivity index (χ0) is 29.9. The quantitative estimate of drug-likeness (QED) is 0.291. The number of rotatable bonds is 6. The lowest BCUT2D eigenvalue weighted by atomic mass is 9.97. The first-order valence-corrected chi connectivity index (χ1v) is 14.8. The number of thiophene rings is 1. The van der Waals surface area contributed by atoms with Crippen molar-refractivity contribution in [2.45, 2.75) is 37.9 Å². The molecule has 0 spiro atoms. The highest BCUT2D eigenvalue weighted by Gasteiger charge is 2.35. The number of nitrogens with two attached hydrogens (primary N) is 1. The van der Waals surface area contributed by atoms with Crippen molar-refractivity contribution in [3.05, 3.63) is 46.2 Å². The van der Waals surface area contributed by atoms with Crippen molar-refractivity contribution in [1.29, 1.82) is 5.26 Å².